The second kappa shape index (κ2) is 5.73. The Balaban J connectivity index is 1.53. The van der Waals surface area contributed by atoms with Crippen molar-refractivity contribution in [2.24, 2.45) is 5.92 Å². The summed E-state index contributed by atoms with van der Waals surface area (Å²) >= 11 is 0. The molecule has 2 aliphatic rings. The molecule has 2 heterocycles. The van der Waals surface area contributed by atoms with Gasteiger partial charge >= 0.3 is 0 Å². The van der Waals surface area contributed by atoms with Crippen LogP contribution < -0.4 is 0 Å². The molecule has 0 radical (unpaired) electrons. The summed E-state index contributed by atoms with van der Waals surface area (Å²) in [5, 5.41) is 9.14. The standard InChI is InChI=1S/C16H20N2O/c17-9-14-3-1-2-4-16(14)15-11-18(12-15)10-13-5-7-19-8-6-13/h1-4,13,15H,5-8,10-12H2. The lowest BCUT2D eigenvalue weighted by Gasteiger charge is -2.42. The summed E-state index contributed by atoms with van der Waals surface area (Å²) in [6.45, 7) is 5.28. The average molecular weight is 256 g/mol. The number of nitriles is 1. The molecule has 0 atom stereocenters. The van der Waals surface area contributed by atoms with Crippen molar-refractivity contribution in [3.63, 3.8) is 0 Å². The lowest BCUT2D eigenvalue weighted by Crippen LogP contribution is -2.47. The predicted octanol–water partition coefficient (Wildman–Crippen LogP) is 2.38. The van der Waals surface area contributed by atoms with E-state index in [1.54, 1.807) is 0 Å². The highest BCUT2D eigenvalue weighted by Gasteiger charge is 2.31. The second-order valence-electron chi connectivity index (χ2n) is 5.67. The quantitative estimate of drug-likeness (QED) is 0.833. The summed E-state index contributed by atoms with van der Waals surface area (Å²) in [4.78, 5) is 2.52. The molecule has 19 heavy (non-hydrogen) atoms. The minimum absolute atomic E-state index is 0.552. The van der Waals surface area contributed by atoms with Gasteiger partial charge in [0.15, 0.2) is 0 Å². The van der Waals surface area contributed by atoms with Gasteiger partial charge in [-0.1, -0.05) is 18.2 Å². The maximum atomic E-state index is 9.14. The van der Waals surface area contributed by atoms with Gasteiger partial charge in [0.2, 0.25) is 0 Å². The van der Waals surface area contributed by atoms with Crippen LogP contribution in [0.5, 0.6) is 0 Å². The molecule has 0 amide bonds. The van der Waals surface area contributed by atoms with Crippen LogP contribution in [0, 0.1) is 17.2 Å². The molecule has 0 saturated carbocycles. The Labute approximate surface area is 114 Å². The van der Waals surface area contributed by atoms with Crippen molar-refractivity contribution in [2.45, 2.75) is 18.8 Å². The molecule has 0 spiro atoms. The first-order chi connectivity index (χ1) is 9.36. The Morgan fingerprint density at radius 2 is 1.95 bits per heavy atom. The molecule has 1 aromatic carbocycles. The SMILES string of the molecule is N#Cc1ccccc1C1CN(CC2CCOCC2)C1. The van der Waals surface area contributed by atoms with Crippen LogP contribution >= 0.6 is 0 Å². The maximum absolute atomic E-state index is 9.14. The average Bonchev–Trinajstić information content (AvgIpc) is 2.43. The maximum Gasteiger partial charge on any atom is 0.0994 e. The van der Waals surface area contributed by atoms with E-state index in [-0.39, 0.29) is 0 Å². The third-order valence-electron chi connectivity index (χ3n) is 4.34. The van der Waals surface area contributed by atoms with Crippen molar-refractivity contribution in [3.8, 4) is 6.07 Å². The molecular weight excluding hydrogens is 236 g/mol. The van der Waals surface area contributed by atoms with Gasteiger partial charge in [0.25, 0.3) is 0 Å². The third-order valence-corrected chi connectivity index (χ3v) is 4.34. The second-order valence-corrected chi connectivity index (χ2v) is 5.67. The first-order valence-corrected chi connectivity index (χ1v) is 7.16. The van der Waals surface area contributed by atoms with Crippen LogP contribution in [0.1, 0.15) is 29.9 Å². The van der Waals surface area contributed by atoms with E-state index in [4.69, 9.17) is 10.00 Å². The molecule has 0 aromatic heterocycles. The fraction of sp³-hybridized carbons (Fsp3) is 0.562. The Morgan fingerprint density at radius 3 is 2.68 bits per heavy atom. The summed E-state index contributed by atoms with van der Waals surface area (Å²) < 4.78 is 5.40. The molecule has 2 saturated heterocycles. The molecule has 0 N–H and O–H groups in total. The zero-order valence-corrected chi connectivity index (χ0v) is 11.2. The lowest BCUT2D eigenvalue weighted by molar-refractivity contribution is 0.0371. The summed E-state index contributed by atoms with van der Waals surface area (Å²) in [6.07, 6.45) is 2.41. The smallest absolute Gasteiger partial charge is 0.0994 e. The van der Waals surface area contributed by atoms with Gasteiger partial charge in [0, 0.05) is 38.8 Å². The van der Waals surface area contributed by atoms with Gasteiger partial charge in [-0.3, -0.25) is 0 Å². The fourth-order valence-electron chi connectivity index (χ4n) is 3.16. The summed E-state index contributed by atoms with van der Waals surface area (Å²) in [6, 6.07) is 10.3. The van der Waals surface area contributed by atoms with E-state index in [2.05, 4.69) is 17.0 Å². The Morgan fingerprint density at radius 1 is 1.21 bits per heavy atom. The highest BCUT2D eigenvalue weighted by molar-refractivity contribution is 5.40. The van der Waals surface area contributed by atoms with Crippen molar-refractivity contribution in [1.29, 1.82) is 5.26 Å². The number of benzene rings is 1. The van der Waals surface area contributed by atoms with Crippen LogP contribution in [0.15, 0.2) is 24.3 Å². The van der Waals surface area contributed by atoms with Crippen LogP contribution in [0.3, 0.4) is 0 Å². The molecule has 3 rings (SSSR count). The van der Waals surface area contributed by atoms with Crippen molar-refractivity contribution in [1.82, 2.24) is 4.90 Å². The van der Waals surface area contributed by atoms with E-state index >= 15 is 0 Å². The molecule has 3 nitrogen and oxygen atoms in total. The molecule has 100 valence electrons. The summed E-state index contributed by atoms with van der Waals surface area (Å²) in [5.41, 5.74) is 2.08. The minimum Gasteiger partial charge on any atom is -0.381 e. The zero-order valence-electron chi connectivity index (χ0n) is 11.2. The molecule has 0 unspecified atom stereocenters. The molecule has 2 aliphatic heterocycles. The van der Waals surface area contributed by atoms with E-state index in [1.807, 2.05) is 18.2 Å². The largest absolute Gasteiger partial charge is 0.381 e. The Hall–Kier alpha value is -1.37. The molecule has 0 aliphatic carbocycles. The normalized spacial score (nSPS) is 21.8. The van der Waals surface area contributed by atoms with Gasteiger partial charge in [-0.25, -0.2) is 0 Å². The summed E-state index contributed by atoms with van der Waals surface area (Å²) in [5.74, 6) is 1.36. The Bertz CT molecular complexity index is 468. The topological polar surface area (TPSA) is 36.3 Å². The number of nitrogens with zero attached hydrogens (tertiary/aromatic N) is 2. The van der Waals surface area contributed by atoms with E-state index < -0.39 is 0 Å². The van der Waals surface area contributed by atoms with Gasteiger partial charge in [-0.2, -0.15) is 5.26 Å². The van der Waals surface area contributed by atoms with Crippen LogP contribution in [0.4, 0.5) is 0 Å². The molecule has 0 bridgehead atoms. The van der Waals surface area contributed by atoms with E-state index in [0.29, 0.717) is 5.92 Å². The van der Waals surface area contributed by atoms with Crippen LogP contribution in [0.25, 0.3) is 0 Å². The zero-order chi connectivity index (χ0) is 13.1. The first kappa shape index (κ1) is 12.7. The van der Waals surface area contributed by atoms with Gasteiger partial charge < -0.3 is 9.64 Å². The van der Waals surface area contributed by atoms with E-state index in [9.17, 15) is 0 Å². The first-order valence-electron chi connectivity index (χ1n) is 7.16. The predicted molar refractivity (Wildman–Crippen MR) is 73.9 cm³/mol. The van der Waals surface area contributed by atoms with Crippen LogP contribution in [-0.4, -0.2) is 37.7 Å². The number of likely N-dealkylation sites (tertiary alicyclic amines) is 1. The van der Waals surface area contributed by atoms with Gasteiger partial charge in [-0.05, 0) is 30.4 Å². The number of ether oxygens (including phenoxy) is 1. The van der Waals surface area contributed by atoms with Crippen LogP contribution in [-0.2, 0) is 4.74 Å². The van der Waals surface area contributed by atoms with E-state index in [0.717, 1.165) is 37.8 Å². The molecule has 1 aromatic rings. The van der Waals surface area contributed by atoms with Gasteiger partial charge in [0.1, 0.15) is 0 Å². The monoisotopic (exact) mass is 256 g/mol. The van der Waals surface area contributed by atoms with Crippen LogP contribution in [0.2, 0.25) is 0 Å². The molecular formula is C16H20N2O. The minimum atomic E-state index is 0.552. The van der Waals surface area contributed by atoms with Crippen molar-refractivity contribution in [3.05, 3.63) is 35.4 Å². The van der Waals surface area contributed by atoms with E-state index in [1.165, 1.54) is 24.9 Å². The molecule has 3 heteroatoms. The summed E-state index contributed by atoms with van der Waals surface area (Å²) in [7, 11) is 0. The number of rotatable bonds is 3. The number of hydrogen-bond acceptors (Lipinski definition) is 3. The highest BCUT2D eigenvalue weighted by Crippen LogP contribution is 2.30. The third kappa shape index (κ3) is 2.80. The number of hydrogen-bond donors (Lipinski definition) is 0. The highest BCUT2D eigenvalue weighted by atomic mass is 16.5. The van der Waals surface area contributed by atoms with Crippen molar-refractivity contribution >= 4 is 0 Å². The van der Waals surface area contributed by atoms with Crippen molar-refractivity contribution in [2.75, 3.05) is 32.8 Å². The Kier molecular flexibility index (Phi) is 3.82. The van der Waals surface area contributed by atoms with Gasteiger partial charge in [-0.15, -0.1) is 0 Å². The fourth-order valence-corrected chi connectivity index (χ4v) is 3.16. The molecule has 2 fully saturated rings. The lowest BCUT2D eigenvalue weighted by atomic mass is 9.87. The van der Waals surface area contributed by atoms with Crippen molar-refractivity contribution < 1.29 is 4.74 Å². The van der Waals surface area contributed by atoms with Gasteiger partial charge in [0.05, 0.1) is 11.6 Å².